The highest BCUT2D eigenvalue weighted by Gasteiger charge is 2.42. The van der Waals surface area contributed by atoms with Gasteiger partial charge in [-0.3, -0.25) is 4.79 Å². The molecule has 1 amide bonds. The van der Waals surface area contributed by atoms with Crippen molar-refractivity contribution < 1.29 is 22.3 Å². The zero-order valence-electron chi connectivity index (χ0n) is 17.6. The van der Waals surface area contributed by atoms with E-state index in [1.54, 1.807) is 17.2 Å². The average molecular weight is 459 g/mol. The number of amides is 1. The lowest BCUT2D eigenvalue weighted by molar-refractivity contribution is -0.131. The van der Waals surface area contributed by atoms with Crippen molar-refractivity contribution >= 4 is 21.6 Å². The average Bonchev–Trinajstić information content (AvgIpc) is 3.06. The van der Waals surface area contributed by atoms with Crippen LogP contribution < -0.4 is 9.64 Å². The molecule has 0 saturated carbocycles. The second-order valence-electron chi connectivity index (χ2n) is 7.97. The molecule has 4 rings (SSSR count). The van der Waals surface area contributed by atoms with Gasteiger partial charge in [-0.05, 0) is 37.1 Å². The topological polar surface area (TPSA) is 104 Å². The number of benzene rings is 1. The summed E-state index contributed by atoms with van der Waals surface area (Å²) in [4.78, 5) is 21.1. The van der Waals surface area contributed by atoms with Gasteiger partial charge in [-0.1, -0.05) is 0 Å². The minimum absolute atomic E-state index is 0.0691. The second-order valence-corrected chi connectivity index (χ2v) is 10.1. The van der Waals surface area contributed by atoms with Crippen LogP contribution in [0.15, 0.2) is 41.4 Å². The standard InChI is InChI=1S/C22H23FN4O4S/c1-31-20-10-18(5-6-19(20)23)32(29,30)9-8-22(28)26-13-16-3-4-17(14-26)27(16)21-7-2-15(11-24)12-25-21/h2,5-7,10,12,16-17H,3-4,8-9,13-14H2,1H3. The first kappa shape index (κ1) is 22.0. The van der Waals surface area contributed by atoms with Crippen LogP contribution in [0.4, 0.5) is 10.2 Å². The summed E-state index contributed by atoms with van der Waals surface area (Å²) in [6.45, 7) is 1.00. The van der Waals surface area contributed by atoms with Crippen LogP contribution in [0, 0.1) is 17.1 Å². The Balaban J connectivity index is 1.39. The van der Waals surface area contributed by atoms with Gasteiger partial charge in [0, 0.05) is 43.9 Å². The summed E-state index contributed by atoms with van der Waals surface area (Å²) in [6.07, 6.45) is 3.24. The van der Waals surface area contributed by atoms with Crippen LogP contribution in [0.2, 0.25) is 0 Å². The largest absolute Gasteiger partial charge is 0.494 e. The number of rotatable bonds is 6. The highest BCUT2D eigenvalue weighted by Crippen LogP contribution is 2.34. The number of nitrogens with zero attached hydrogens (tertiary/aromatic N) is 4. The number of ether oxygens (including phenoxy) is 1. The molecule has 10 heteroatoms. The Labute approximate surface area is 186 Å². The number of nitriles is 1. The van der Waals surface area contributed by atoms with Crippen LogP contribution in [0.25, 0.3) is 0 Å². The Hall–Kier alpha value is -3.19. The number of hydrogen-bond acceptors (Lipinski definition) is 7. The van der Waals surface area contributed by atoms with E-state index < -0.39 is 15.7 Å². The third kappa shape index (κ3) is 4.25. The van der Waals surface area contributed by atoms with E-state index in [0.717, 1.165) is 30.8 Å². The van der Waals surface area contributed by atoms with Crippen LogP contribution in [0.3, 0.4) is 0 Å². The van der Waals surface area contributed by atoms with E-state index in [1.807, 2.05) is 6.07 Å². The summed E-state index contributed by atoms with van der Waals surface area (Å²) >= 11 is 0. The molecule has 2 unspecified atom stereocenters. The first-order valence-corrected chi connectivity index (χ1v) is 12.0. The number of piperazine rings is 1. The van der Waals surface area contributed by atoms with Gasteiger partial charge in [0.1, 0.15) is 11.9 Å². The van der Waals surface area contributed by atoms with Gasteiger partial charge in [0.25, 0.3) is 0 Å². The summed E-state index contributed by atoms with van der Waals surface area (Å²) in [6, 6.07) is 9.19. The molecule has 8 nitrogen and oxygen atoms in total. The van der Waals surface area contributed by atoms with Crippen molar-refractivity contribution in [1.82, 2.24) is 9.88 Å². The molecule has 3 heterocycles. The molecule has 0 aliphatic carbocycles. The van der Waals surface area contributed by atoms with Crippen LogP contribution in [-0.4, -0.2) is 62.2 Å². The lowest BCUT2D eigenvalue weighted by Gasteiger charge is -2.41. The molecule has 32 heavy (non-hydrogen) atoms. The van der Waals surface area contributed by atoms with Crippen LogP contribution in [-0.2, 0) is 14.6 Å². The molecule has 2 bridgehead atoms. The molecule has 2 atom stereocenters. The number of hydrogen-bond donors (Lipinski definition) is 0. The van der Waals surface area contributed by atoms with Gasteiger partial charge in [-0.25, -0.2) is 17.8 Å². The monoisotopic (exact) mass is 458 g/mol. The molecule has 0 N–H and O–H groups in total. The van der Waals surface area contributed by atoms with Gasteiger partial charge in [-0.15, -0.1) is 0 Å². The van der Waals surface area contributed by atoms with Crippen molar-refractivity contribution in [2.24, 2.45) is 0 Å². The number of aromatic nitrogens is 1. The fourth-order valence-corrected chi connectivity index (χ4v) is 5.66. The van der Waals surface area contributed by atoms with E-state index in [1.165, 1.54) is 13.2 Å². The smallest absolute Gasteiger partial charge is 0.223 e. The Morgan fingerprint density at radius 3 is 2.56 bits per heavy atom. The van der Waals surface area contributed by atoms with Gasteiger partial charge in [0.15, 0.2) is 21.4 Å². The normalized spacial score (nSPS) is 20.2. The summed E-state index contributed by atoms with van der Waals surface area (Å²) < 4.78 is 43.7. The van der Waals surface area contributed by atoms with E-state index >= 15 is 0 Å². The zero-order chi connectivity index (χ0) is 22.9. The molecular weight excluding hydrogens is 435 g/mol. The molecule has 1 aromatic heterocycles. The molecule has 2 aliphatic heterocycles. The van der Waals surface area contributed by atoms with Gasteiger partial charge < -0.3 is 14.5 Å². The van der Waals surface area contributed by atoms with Crippen molar-refractivity contribution in [3.63, 3.8) is 0 Å². The number of likely N-dealkylation sites (tertiary alicyclic amines) is 1. The van der Waals surface area contributed by atoms with Crippen molar-refractivity contribution in [3.8, 4) is 11.8 Å². The molecule has 168 valence electrons. The van der Waals surface area contributed by atoms with Gasteiger partial charge >= 0.3 is 0 Å². The molecule has 2 aliphatic rings. The fourth-order valence-electron chi connectivity index (χ4n) is 4.42. The number of sulfone groups is 1. The predicted octanol–water partition coefficient (Wildman–Crippen LogP) is 2.14. The van der Waals surface area contributed by atoms with Gasteiger partial charge in [0.05, 0.1) is 23.3 Å². The number of anilines is 1. The summed E-state index contributed by atoms with van der Waals surface area (Å²) in [7, 11) is -2.49. The molecule has 2 aromatic rings. The van der Waals surface area contributed by atoms with Crippen LogP contribution >= 0.6 is 0 Å². The third-order valence-electron chi connectivity index (χ3n) is 6.04. The minimum Gasteiger partial charge on any atom is -0.494 e. The maximum Gasteiger partial charge on any atom is 0.223 e. The van der Waals surface area contributed by atoms with Crippen molar-refractivity contribution in [2.75, 3.05) is 30.9 Å². The molecule has 0 spiro atoms. The molecule has 2 fully saturated rings. The van der Waals surface area contributed by atoms with Crippen LogP contribution in [0.1, 0.15) is 24.8 Å². The third-order valence-corrected chi connectivity index (χ3v) is 7.76. The van der Waals surface area contributed by atoms with E-state index in [4.69, 9.17) is 10.00 Å². The summed E-state index contributed by atoms with van der Waals surface area (Å²) in [5.41, 5.74) is 0.495. The first-order valence-electron chi connectivity index (χ1n) is 10.3. The Morgan fingerprint density at radius 2 is 1.97 bits per heavy atom. The lowest BCUT2D eigenvalue weighted by atomic mass is 10.1. The Bertz CT molecular complexity index is 1150. The van der Waals surface area contributed by atoms with Crippen molar-refractivity contribution in [3.05, 3.63) is 47.9 Å². The maximum absolute atomic E-state index is 13.6. The van der Waals surface area contributed by atoms with E-state index in [0.29, 0.717) is 18.7 Å². The predicted molar refractivity (Wildman–Crippen MR) is 114 cm³/mol. The second kappa shape index (κ2) is 8.74. The summed E-state index contributed by atoms with van der Waals surface area (Å²) in [5, 5.41) is 8.96. The first-order chi connectivity index (χ1) is 15.3. The molecule has 0 radical (unpaired) electrons. The number of halogens is 1. The number of pyridine rings is 1. The highest BCUT2D eigenvalue weighted by molar-refractivity contribution is 7.91. The number of carbonyl (C=O) groups is 1. The highest BCUT2D eigenvalue weighted by atomic mass is 32.2. The van der Waals surface area contributed by atoms with E-state index in [2.05, 4.69) is 16.0 Å². The maximum atomic E-state index is 13.6. The van der Waals surface area contributed by atoms with E-state index in [9.17, 15) is 17.6 Å². The SMILES string of the molecule is COc1cc(S(=O)(=O)CCC(=O)N2CC3CCC(C2)N3c2ccc(C#N)cn2)ccc1F. The van der Waals surface area contributed by atoms with Gasteiger partial charge in [-0.2, -0.15) is 5.26 Å². The molecule has 1 aromatic carbocycles. The fraction of sp³-hybridized carbons (Fsp3) is 0.409. The van der Waals surface area contributed by atoms with Crippen molar-refractivity contribution in [2.45, 2.75) is 36.2 Å². The molecular formula is C22H23FN4O4S. The summed E-state index contributed by atoms with van der Waals surface area (Å²) in [5.74, 6) is -0.578. The zero-order valence-corrected chi connectivity index (χ0v) is 18.4. The van der Waals surface area contributed by atoms with Crippen LogP contribution in [0.5, 0.6) is 5.75 Å². The minimum atomic E-state index is -3.76. The molecule has 2 saturated heterocycles. The number of fused-ring (bicyclic) bond motifs is 2. The number of methoxy groups -OCH3 is 1. The lowest BCUT2D eigenvalue weighted by Crippen LogP contribution is -2.55. The van der Waals surface area contributed by atoms with Gasteiger partial charge in [0.2, 0.25) is 5.91 Å². The van der Waals surface area contributed by atoms with E-state index in [-0.39, 0.29) is 40.8 Å². The number of carbonyl (C=O) groups excluding carboxylic acids is 1. The van der Waals surface area contributed by atoms with Crippen molar-refractivity contribution in [1.29, 1.82) is 5.26 Å². The Kier molecular flexibility index (Phi) is 6.02. The Morgan fingerprint density at radius 1 is 1.25 bits per heavy atom. The quantitative estimate of drug-likeness (QED) is 0.611.